The monoisotopic (exact) mass is 263 g/mol. The zero-order chi connectivity index (χ0) is 13.1. The van der Waals surface area contributed by atoms with E-state index >= 15 is 0 Å². The van der Waals surface area contributed by atoms with Gasteiger partial charge in [-0.25, -0.2) is 0 Å². The number of aromatic nitrogens is 2. The predicted molar refractivity (Wildman–Crippen MR) is 75.7 cm³/mol. The molecule has 3 nitrogen and oxygen atoms in total. The van der Waals surface area contributed by atoms with Crippen LogP contribution in [-0.4, -0.2) is 16.3 Å². The zero-order valence-corrected chi connectivity index (χ0v) is 11.7. The van der Waals surface area contributed by atoms with Crippen LogP contribution in [0, 0.1) is 0 Å². The summed E-state index contributed by atoms with van der Waals surface area (Å²) in [6, 6.07) is 8.42. The van der Waals surface area contributed by atoms with Crippen LogP contribution in [0.5, 0.6) is 0 Å². The normalized spacial score (nSPS) is 12.7. The topological polar surface area (TPSA) is 29.9 Å². The van der Waals surface area contributed by atoms with E-state index in [4.69, 9.17) is 11.6 Å². The number of aryl methyl sites for hydroxylation is 1. The van der Waals surface area contributed by atoms with Gasteiger partial charge in [0.1, 0.15) is 0 Å². The van der Waals surface area contributed by atoms with Gasteiger partial charge in [-0.05, 0) is 31.2 Å². The molecule has 0 amide bonds. The highest BCUT2D eigenvalue weighted by Gasteiger charge is 2.10. The summed E-state index contributed by atoms with van der Waals surface area (Å²) in [7, 11) is 1.93. The fourth-order valence-corrected chi connectivity index (χ4v) is 2.46. The highest BCUT2D eigenvalue weighted by Crippen LogP contribution is 2.28. The number of nitrogens with zero attached hydrogens (tertiary/aromatic N) is 2. The lowest BCUT2D eigenvalue weighted by atomic mass is 10.0. The minimum atomic E-state index is 0.267. The second-order valence-electron chi connectivity index (χ2n) is 4.36. The van der Waals surface area contributed by atoms with Crippen molar-refractivity contribution >= 4 is 11.6 Å². The van der Waals surface area contributed by atoms with Gasteiger partial charge in [-0.15, -0.1) is 0 Å². The van der Waals surface area contributed by atoms with Crippen molar-refractivity contribution in [2.24, 2.45) is 7.05 Å². The highest BCUT2D eigenvalue weighted by molar-refractivity contribution is 6.31. The molecule has 2 rings (SSSR count). The third-order valence-electron chi connectivity index (χ3n) is 3.09. The largest absolute Gasteiger partial charge is 0.310 e. The van der Waals surface area contributed by atoms with E-state index < -0.39 is 0 Å². The van der Waals surface area contributed by atoms with Gasteiger partial charge >= 0.3 is 0 Å². The molecule has 1 atom stereocenters. The molecular formula is C14H18ClN3. The van der Waals surface area contributed by atoms with Crippen LogP contribution in [0.2, 0.25) is 5.02 Å². The molecule has 4 heteroatoms. The van der Waals surface area contributed by atoms with E-state index in [9.17, 15) is 0 Å². The lowest BCUT2D eigenvalue weighted by molar-refractivity contribution is 0.598. The van der Waals surface area contributed by atoms with Crippen LogP contribution < -0.4 is 5.32 Å². The van der Waals surface area contributed by atoms with Gasteiger partial charge in [-0.2, -0.15) is 5.10 Å². The standard InChI is InChI=1S/C14H18ClN3/c1-4-16-10(2)12-6-5-11(9-13(12)15)14-7-8-17-18(14)3/h5-10,16H,4H2,1-3H3. The molecule has 0 aliphatic heterocycles. The lowest BCUT2D eigenvalue weighted by Gasteiger charge is -2.15. The van der Waals surface area contributed by atoms with Crippen LogP contribution in [0.4, 0.5) is 0 Å². The molecule has 0 aliphatic rings. The van der Waals surface area contributed by atoms with E-state index in [-0.39, 0.29) is 6.04 Å². The molecule has 96 valence electrons. The molecule has 0 spiro atoms. The van der Waals surface area contributed by atoms with Gasteiger partial charge in [0.2, 0.25) is 0 Å². The SMILES string of the molecule is CCNC(C)c1ccc(-c2ccnn2C)cc1Cl. The Bertz CT molecular complexity index is 534. The molecule has 0 aliphatic carbocycles. The Morgan fingerprint density at radius 1 is 1.39 bits per heavy atom. The zero-order valence-electron chi connectivity index (χ0n) is 10.9. The Morgan fingerprint density at radius 2 is 2.17 bits per heavy atom. The number of nitrogens with one attached hydrogen (secondary N) is 1. The van der Waals surface area contributed by atoms with Gasteiger partial charge in [0.15, 0.2) is 0 Å². The minimum absolute atomic E-state index is 0.267. The summed E-state index contributed by atoms with van der Waals surface area (Å²) in [6.07, 6.45) is 1.79. The smallest absolute Gasteiger partial charge is 0.0679 e. The summed E-state index contributed by atoms with van der Waals surface area (Å²) in [4.78, 5) is 0. The average Bonchev–Trinajstić information content (AvgIpc) is 2.75. The van der Waals surface area contributed by atoms with E-state index in [1.165, 1.54) is 0 Å². The maximum Gasteiger partial charge on any atom is 0.0679 e. The lowest BCUT2D eigenvalue weighted by Crippen LogP contribution is -2.17. The fraction of sp³-hybridized carbons (Fsp3) is 0.357. The molecule has 0 saturated carbocycles. The molecule has 0 fully saturated rings. The van der Waals surface area contributed by atoms with Crippen molar-refractivity contribution in [2.75, 3.05) is 6.54 Å². The van der Waals surface area contributed by atoms with Crippen LogP contribution in [-0.2, 0) is 7.05 Å². The van der Waals surface area contributed by atoms with Crippen LogP contribution in [0.3, 0.4) is 0 Å². The molecule has 0 radical (unpaired) electrons. The quantitative estimate of drug-likeness (QED) is 0.916. The van der Waals surface area contributed by atoms with E-state index in [1.807, 2.05) is 23.9 Å². The Balaban J connectivity index is 2.33. The summed E-state index contributed by atoms with van der Waals surface area (Å²) in [5, 5.41) is 8.33. The highest BCUT2D eigenvalue weighted by atomic mass is 35.5. The fourth-order valence-electron chi connectivity index (χ4n) is 2.11. The van der Waals surface area contributed by atoms with Crippen LogP contribution in [0.15, 0.2) is 30.5 Å². The van der Waals surface area contributed by atoms with E-state index in [0.717, 1.165) is 28.4 Å². The first kappa shape index (κ1) is 13.1. The van der Waals surface area contributed by atoms with Crippen molar-refractivity contribution in [3.63, 3.8) is 0 Å². The second kappa shape index (κ2) is 5.55. The maximum atomic E-state index is 6.36. The minimum Gasteiger partial charge on any atom is -0.310 e. The number of rotatable bonds is 4. The summed E-state index contributed by atoms with van der Waals surface area (Å²) in [6.45, 7) is 5.14. The summed E-state index contributed by atoms with van der Waals surface area (Å²) < 4.78 is 1.85. The maximum absolute atomic E-state index is 6.36. The third-order valence-corrected chi connectivity index (χ3v) is 3.42. The molecule has 0 bridgehead atoms. The number of halogens is 1. The molecule has 1 unspecified atom stereocenters. The summed E-state index contributed by atoms with van der Waals surface area (Å²) >= 11 is 6.36. The van der Waals surface area contributed by atoms with E-state index in [1.54, 1.807) is 6.20 Å². The van der Waals surface area contributed by atoms with Gasteiger partial charge in [0.25, 0.3) is 0 Å². The van der Waals surface area contributed by atoms with Crippen LogP contribution in [0.25, 0.3) is 11.3 Å². The van der Waals surface area contributed by atoms with E-state index in [0.29, 0.717) is 0 Å². The average molecular weight is 264 g/mol. The third kappa shape index (κ3) is 2.57. The van der Waals surface area contributed by atoms with Crippen LogP contribution >= 0.6 is 11.6 Å². The number of hydrogen-bond acceptors (Lipinski definition) is 2. The van der Waals surface area contributed by atoms with Crippen molar-refractivity contribution < 1.29 is 0 Å². The summed E-state index contributed by atoms with van der Waals surface area (Å²) in [5.41, 5.74) is 3.29. The van der Waals surface area contributed by atoms with Crippen molar-refractivity contribution in [3.8, 4) is 11.3 Å². The molecule has 18 heavy (non-hydrogen) atoms. The van der Waals surface area contributed by atoms with Crippen molar-refractivity contribution in [2.45, 2.75) is 19.9 Å². The first-order chi connectivity index (χ1) is 8.63. The predicted octanol–water partition coefficient (Wildman–Crippen LogP) is 3.41. The van der Waals surface area contributed by atoms with Gasteiger partial charge in [0, 0.05) is 29.9 Å². The summed E-state index contributed by atoms with van der Waals surface area (Å²) in [5.74, 6) is 0. The molecule has 2 aromatic rings. The van der Waals surface area contributed by atoms with Crippen molar-refractivity contribution in [1.29, 1.82) is 0 Å². The van der Waals surface area contributed by atoms with Gasteiger partial charge in [-0.1, -0.05) is 30.7 Å². The van der Waals surface area contributed by atoms with E-state index in [2.05, 4.69) is 36.4 Å². The number of benzene rings is 1. The molecule has 1 aromatic heterocycles. The van der Waals surface area contributed by atoms with Crippen LogP contribution in [0.1, 0.15) is 25.5 Å². The van der Waals surface area contributed by atoms with Gasteiger partial charge in [-0.3, -0.25) is 4.68 Å². The number of hydrogen-bond donors (Lipinski definition) is 1. The Morgan fingerprint density at radius 3 is 2.72 bits per heavy atom. The molecular weight excluding hydrogens is 246 g/mol. The molecule has 1 N–H and O–H groups in total. The Kier molecular flexibility index (Phi) is 4.04. The first-order valence-corrected chi connectivity index (χ1v) is 6.52. The molecule has 1 aromatic carbocycles. The van der Waals surface area contributed by atoms with Crippen molar-refractivity contribution in [3.05, 3.63) is 41.0 Å². The first-order valence-electron chi connectivity index (χ1n) is 6.14. The van der Waals surface area contributed by atoms with Crippen molar-refractivity contribution in [1.82, 2.24) is 15.1 Å². The van der Waals surface area contributed by atoms with Gasteiger partial charge in [0.05, 0.1) is 5.69 Å². The molecule has 1 heterocycles. The molecule has 0 saturated heterocycles. The van der Waals surface area contributed by atoms with Gasteiger partial charge < -0.3 is 5.32 Å². The Labute approximate surface area is 113 Å². The Hall–Kier alpha value is -1.32. The second-order valence-corrected chi connectivity index (χ2v) is 4.76.